The molecule has 182 valence electrons. The molecule has 0 spiro atoms. The lowest BCUT2D eigenvalue weighted by atomic mass is 10.1. The topological polar surface area (TPSA) is 86.6 Å². The number of rotatable bonds is 21. The Kier molecular flexibility index (Phi) is 17.2. The van der Waals surface area contributed by atoms with E-state index in [1.165, 1.54) is 25.7 Å². The summed E-state index contributed by atoms with van der Waals surface area (Å²) in [5.41, 5.74) is 0. The van der Waals surface area contributed by atoms with Crippen LogP contribution in [0.25, 0.3) is 0 Å². The molecular weight excluding hydrogens is 380 g/mol. The van der Waals surface area contributed by atoms with Gasteiger partial charge in [0.05, 0.1) is 27.2 Å². The summed E-state index contributed by atoms with van der Waals surface area (Å²) in [6, 6.07) is 0. The Bertz CT molecular complexity index is 355. The fourth-order valence-corrected chi connectivity index (χ4v) is 4.12. The van der Waals surface area contributed by atoms with Crippen molar-refractivity contribution in [2.75, 3.05) is 40.3 Å². The highest BCUT2D eigenvalue weighted by atomic mass is 16.5. The number of hydrogen-bond donors (Lipinski definition) is 2. The van der Waals surface area contributed by atoms with Crippen LogP contribution in [0.5, 0.6) is 0 Å². The van der Waals surface area contributed by atoms with Gasteiger partial charge in [-0.15, -0.1) is 0 Å². The van der Waals surface area contributed by atoms with Crippen molar-refractivity contribution in [1.29, 1.82) is 0 Å². The summed E-state index contributed by atoms with van der Waals surface area (Å²) < 4.78 is -0.761. The van der Waals surface area contributed by atoms with Crippen LogP contribution < -0.4 is 0 Å². The summed E-state index contributed by atoms with van der Waals surface area (Å²) in [6.07, 6.45) is 12.9. The summed E-state index contributed by atoms with van der Waals surface area (Å²) in [7, 11) is 3.31. The highest BCUT2D eigenvalue weighted by molar-refractivity contribution is 4.58. The Balaban J connectivity index is 3.84. The molecule has 0 saturated carbocycles. The molecule has 2 N–H and O–H groups in total. The van der Waals surface area contributed by atoms with Crippen LogP contribution in [0.15, 0.2) is 0 Å². The number of aliphatic hydroxyl groups excluding tert-OH is 2. The molecule has 4 atom stereocenters. The normalized spacial score (nSPS) is 18.0. The van der Waals surface area contributed by atoms with Crippen LogP contribution in [0.2, 0.25) is 0 Å². The molecule has 0 rings (SSSR count). The fraction of sp³-hybridized carbons (Fsp3) is 1.00. The summed E-state index contributed by atoms with van der Waals surface area (Å²) in [5, 5.41) is 45.3. The first kappa shape index (κ1) is 29.8. The van der Waals surface area contributed by atoms with Crippen molar-refractivity contribution in [3.63, 3.8) is 0 Å². The molecule has 0 heterocycles. The average molecular weight is 433 g/mol. The van der Waals surface area contributed by atoms with Gasteiger partial charge in [-0.3, -0.25) is 0 Å². The molecule has 0 aliphatic heterocycles. The lowest BCUT2D eigenvalue weighted by molar-refractivity contribution is -0.865. The van der Waals surface area contributed by atoms with Crippen molar-refractivity contribution in [2.24, 2.45) is 0 Å². The van der Waals surface area contributed by atoms with Crippen molar-refractivity contribution >= 4 is 0 Å². The summed E-state index contributed by atoms with van der Waals surface area (Å²) in [4.78, 5) is 0. The van der Waals surface area contributed by atoms with Crippen LogP contribution in [0.3, 0.4) is 0 Å². The summed E-state index contributed by atoms with van der Waals surface area (Å²) >= 11 is 0. The molecule has 0 fully saturated rings. The lowest BCUT2D eigenvalue weighted by Gasteiger charge is -2.41. The molecular formula is C24H52N2O4. The van der Waals surface area contributed by atoms with E-state index in [0.717, 1.165) is 64.2 Å². The number of unbranched alkanes of at least 4 members (excludes halogenated alkanes) is 9. The third-order valence-corrected chi connectivity index (χ3v) is 5.99. The number of aliphatic hydroxyl groups is 2. The smallest absolute Gasteiger partial charge is 0.104 e. The maximum absolute atomic E-state index is 12.5. The van der Waals surface area contributed by atoms with Crippen LogP contribution in [0.4, 0.5) is 0 Å². The number of quaternary nitrogens is 2. The van der Waals surface area contributed by atoms with Gasteiger partial charge in [-0.2, -0.15) is 0 Å². The largest absolute Gasteiger partial charge is 0.633 e. The molecule has 0 aromatic heterocycles. The SMILES string of the molecule is CCCCCCC(O)C[N+](C)([O-])CCCCCC[N+](C)([O-])CC(O)CCCCCC. The second-order valence-electron chi connectivity index (χ2n) is 9.83. The van der Waals surface area contributed by atoms with E-state index < -0.39 is 12.2 Å². The van der Waals surface area contributed by atoms with E-state index in [1.807, 2.05) is 0 Å². The molecule has 4 unspecified atom stereocenters. The first-order chi connectivity index (χ1) is 14.1. The highest BCUT2D eigenvalue weighted by Gasteiger charge is 2.18. The summed E-state index contributed by atoms with van der Waals surface area (Å²) in [5.74, 6) is 0. The maximum atomic E-state index is 12.5. The van der Waals surface area contributed by atoms with E-state index >= 15 is 0 Å². The van der Waals surface area contributed by atoms with Crippen molar-refractivity contribution < 1.29 is 19.5 Å². The van der Waals surface area contributed by atoms with Gasteiger partial charge in [-0.05, 0) is 38.5 Å². The monoisotopic (exact) mass is 432 g/mol. The van der Waals surface area contributed by atoms with Gasteiger partial charge in [0.1, 0.15) is 25.3 Å². The third-order valence-electron chi connectivity index (χ3n) is 5.99. The van der Waals surface area contributed by atoms with Crippen LogP contribution >= 0.6 is 0 Å². The van der Waals surface area contributed by atoms with Crippen molar-refractivity contribution in [2.45, 2.75) is 116 Å². The minimum Gasteiger partial charge on any atom is -0.633 e. The molecule has 6 nitrogen and oxygen atoms in total. The van der Waals surface area contributed by atoms with Crippen molar-refractivity contribution in [3.05, 3.63) is 10.4 Å². The van der Waals surface area contributed by atoms with Gasteiger partial charge in [0.15, 0.2) is 0 Å². The lowest BCUT2D eigenvalue weighted by Crippen LogP contribution is -2.44. The van der Waals surface area contributed by atoms with Gasteiger partial charge in [0.2, 0.25) is 0 Å². The molecule has 0 saturated heterocycles. The molecule has 30 heavy (non-hydrogen) atoms. The van der Waals surface area contributed by atoms with Crippen LogP contribution in [-0.2, 0) is 0 Å². The maximum Gasteiger partial charge on any atom is 0.104 e. The van der Waals surface area contributed by atoms with Crippen LogP contribution in [0.1, 0.15) is 104 Å². The van der Waals surface area contributed by atoms with E-state index in [4.69, 9.17) is 0 Å². The molecule has 0 aliphatic rings. The van der Waals surface area contributed by atoms with Gasteiger partial charge >= 0.3 is 0 Å². The predicted molar refractivity (Wildman–Crippen MR) is 127 cm³/mol. The summed E-state index contributed by atoms with van der Waals surface area (Å²) in [6.45, 7) is 5.92. The van der Waals surface area contributed by atoms with Gasteiger partial charge in [-0.1, -0.05) is 65.2 Å². The average Bonchev–Trinajstić information content (AvgIpc) is 2.64. The van der Waals surface area contributed by atoms with Gasteiger partial charge in [0.25, 0.3) is 0 Å². The fourth-order valence-electron chi connectivity index (χ4n) is 4.12. The number of nitrogens with zero attached hydrogens (tertiary/aromatic N) is 2. The van der Waals surface area contributed by atoms with Gasteiger partial charge in [0, 0.05) is 0 Å². The Morgan fingerprint density at radius 1 is 0.567 bits per heavy atom. The zero-order chi connectivity index (χ0) is 22.9. The van der Waals surface area contributed by atoms with Gasteiger partial charge in [-0.25, -0.2) is 0 Å². The number of hydroxylamine groups is 6. The molecule has 0 bridgehead atoms. The highest BCUT2D eigenvalue weighted by Crippen LogP contribution is 2.14. The van der Waals surface area contributed by atoms with E-state index in [9.17, 15) is 20.6 Å². The number of likely N-dealkylation sites (N-methyl/N-ethyl adjacent to an activating group) is 2. The van der Waals surface area contributed by atoms with Gasteiger partial charge < -0.3 is 29.9 Å². The van der Waals surface area contributed by atoms with Crippen LogP contribution in [0, 0.1) is 10.4 Å². The first-order valence-corrected chi connectivity index (χ1v) is 12.6. The zero-order valence-electron chi connectivity index (χ0n) is 20.5. The van der Waals surface area contributed by atoms with Crippen LogP contribution in [-0.4, -0.2) is 72.0 Å². The number of hydrogen-bond acceptors (Lipinski definition) is 4. The first-order valence-electron chi connectivity index (χ1n) is 12.6. The van der Waals surface area contributed by atoms with Crippen molar-refractivity contribution in [1.82, 2.24) is 0 Å². The zero-order valence-corrected chi connectivity index (χ0v) is 20.5. The quantitative estimate of drug-likeness (QED) is 0.150. The van der Waals surface area contributed by atoms with E-state index in [0.29, 0.717) is 13.1 Å². The predicted octanol–water partition coefficient (Wildman–Crippen LogP) is 5.10. The molecule has 0 aromatic rings. The van der Waals surface area contributed by atoms with E-state index in [2.05, 4.69) is 13.8 Å². The second kappa shape index (κ2) is 17.3. The Hall–Kier alpha value is -0.240. The molecule has 0 aliphatic carbocycles. The Morgan fingerprint density at radius 2 is 0.900 bits per heavy atom. The second-order valence-corrected chi connectivity index (χ2v) is 9.83. The molecule has 6 heteroatoms. The third kappa shape index (κ3) is 18.5. The van der Waals surface area contributed by atoms with E-state index in [-0.39, 0.29) is 22.4 Å². The Labute approximate surface area is 186 Å². The van der Waals surface area contributed by atoms with E-state index in [1.54, 1.807) is 14.1 Å². The van der Waals surface area contributed by atoms with Crippen molar-refractivity contribution in [3.8, 4) is 0 Å². The minimum atomic E-state index is -0.503. The Morgan fingerprint density at radius 3 is 1.23 bits per heavy atom. The molecule has 0 radical (unpaired) electrons. The minimum absolute atomic E-state index is 0.276. The standard InChI is InChI=1S/C24H52N2O4/c1-5-7-9-13-17-23(27)21-25(3,29)19-15-11-12-16-20-26(4,30)22-24(28)18-14-10-8-6-2/h23-24,27-28H,5-22H2,1-4H3. The molecule has 0 aromatic carbocycles. The molecule has 0 amide bonds.